The van der Waals surface area contributed by atoms with Gasteiger partial charge in [-0.25, -0.2) is 0 Å². The van der Waals surface area contributed by atoms with Crippen molar-refractivity contribution in [2.45, 2.75) is 58.1 Å². The predicted molar refractivity (Wildman–Crippen MR) is 152 cm³/mol. The summed E-state index contributed by atoms with van der Waals surface area (Å²) in [5.74, 6) is 1.16. The molecule has 7 heteroatoms. The SMILES string of the molecule is CCNCC[C@@H](Oc1ccccc1CCN1CCC(N(C(=O)CC)c2cccnc2)CC1)c1cccs1. The van der Waals surface area contributed by atoms with E-state index in [-0.39, 0.29) is 18.1 Å². The van der Waals surface area contributed by atoms with Gasteiger partial charge in [0.25, 0.3) is 0 Å². The first-order valence-corrected chi connectivity index (χ1v) is 14.5. The molecule has 0 spiro atoms. The van der Waals surface area contributed by atoms with E-state index in [1.54, 1.807) is 23.7 Å². The van der Waals surface area contributed by atoms with Crippen LogP contribution in [0, 0.1) is 0 Å². The monoisotopic (exact) mass is 520 g/mol. The van der Waals surface area contributed by atoms with Gasteiger partial charge in [0.2, 0.25) is 5.91 Å². The van der Waals surface area contributed by atoms with Crippen LogP contribution >= 0.6 is 11.3 Å². The van der Waals surface area contributed by atoms with Crippen molar-refractivity contribution in [2.24, 2.45) is 0 Å². The number of rotatable bonds is 13. The Morgan fingerprint density at radius 3 is 2.70 bits per heavy atom. The van der Waals surface area contributed by atoms with Gasteiger partial charge in [-0.3, -0.25) is 9.78 Å². The number of hydrogen-bond acceptors (Lipinski definition) is 6. The first kappa shape index (κ1) is 27.3. The van der Waals surface area contributed by atoms with Gasteiger partial charge in [0.05, 0.1) is 11.9 Å². The van der Waals surface area contributed by atoms with Crippen molar-refractivity contribution >= 4 is 22.9 Å². The lowest BCUT2D eigenvalue weighted by Crippen LogP contribution is -2.48. The number of ether oxygens (including phenoxy) is 1. The summed E-state index contributed by atoms with van der Waals surface area (Å²) in [6.45, 7) is 8.94. The van der Waals surface area contributed by atoms with Gasteiger partial charge in [-0.05, 0) is 67.6 Å². The highest BCUT2D eigenvalue weighted by Crippen LogP contribution is 2.31. The van der Waals surface area contributed by atoms with Gasteiger partial charge in [-0.1, -0.05) is 38.1 Å². The summed E-state index contributed by atoms with van der Waals surface area (Å²) in [6, 6.07) is 16.9. The number of anilines is 1. The zero-order valence-corrected chi connectivity index (χ0v) is 23.0. The third-order valence-corrected chi connectivity index (χ3v) is 8.01. The molecule has 1 aromatic carbocycles. The fourth-order valence-corrected chi connectivity index (χ4v) is 5.82. The average molecular weight is 521 g/mol. The molecule has 6 nitrogen and oxygen atoms in total. The molecule has 0 radical (unpaired) electrons. The van der Waals surface area contributed by atoms with Crippen molar-refractivity contribution in [3.63, 3.8) is 0 Å². The number of carbonyl (C=O) groups is 1. The smallest absolute Gasteiger partial charge is 0.227 e. The number of hydrogen-bond donors (Lipinski definition) is 1. The third kappa shape index (κ3) is 7.63. The number of aromatic nitrogens is 1. The Bertz CT molecular complexity index is 1070. The van der Waals surface area contributed by atoms with Crippen LogP contribution in [0.4, 0.5) is 5.69 Å². The number of thiophene rings is 1. The highest BCUT2D eigenvalue weighted by atomic mass is 32.1. The van der Waals surface area contributed by atoms with E-state index in [4.69, 9.17) is 4.74 Å². The number of piperidine rings is 1. The highest BCUT2D eigenvalue weighted by molar-refractivity contribution is 7.10. The number of carbonyl (C=O) groups excluding carboxylic acids is 1. The van der Waals surface area contributed by atoms with Crippen LogP contribution in [0.15, 0.2) is 66.3 Å². The van der Waals surface area contributed by atoms with E-state index in [0.29, 0.717) is 6.42 Å². The first-order valence-electron chi connectivity index (χ1n) is 13.6. The van der Waals surface area contributed by atoms with E-state index in [1.165, 1.54) is 10.4 Å². The number of amides is 1. The number of likely N-dealkylation sites (tertiary alicyclic amines) is 1. The molecule has 0 saturated carbocycles. The molecule has 1 atom stereocenters. The first-order chi connectivity index (χ1) is 18.2. The second-order valence-electron chi connectivity index (χ2n) is 9.52. The van der Waals surface area contributed by atoms with Gasteiger partial charge in [0, 0.05) is 49.6 Å². The maximum absolute atomic E-state index is 12.8. The van der Waals surface area contributed by atoms with Crippen LogP contribution in [0.2, 0.25) is 0 Å². The zero-order chi connectivity index (χ0) is 25.9. The topological polar surface area (TPSA) is 57.7 Å². The lowest BCUT2D eigenvalue weighted by atomic mass is 10.0. The normalized spacial score (nSPS) is 15.4. The molecule has 1 amide bonds. The van der Waals surface area contributed by atoms with Crippen LogP contribution < -0.4 is 15.0 Å². The van der Waals surface area contributed by atoms with Crippen molar-refractivity contribution in [2.75, 3.05) is 37.6 Å². The lowest BCUT2D eigenvalue weighted by Gasteiger charge is -2.38. The maximum atomic E-state index is 12.8. The Labute approximate surface area is 225 Å². The summed E-state index contributed by atoms with van der Waals surface area (Å²) < 4.78 is 6.61. The fourth-order valence-electron chi connectivity index (χ4n) is 5.03. The van der Waals surface area contributed by atoms with Crippen LogP contribution in [0.3, 0.4) is 0 Å². The Kier molecular flexibility index (Phi) is 10.5. The maximum Gasteiger partial charge on any atom is 0.227 e. The summed E-state index contributed by atoms with van der Waals surface area (Å²) in [6.07, 6.45) is 7.97. The molecule has 0 unspecified atom stereocenters. The second kappa shape index (κ2) is 14.3. The van der Waals surface area contributed by atoms with Gasteiger partial charge < -0.3 is 19.9 Å². The molecule has 3 aromatic rings. The van der Waals surface area contributed by atoms with Gasteiger partial charge in [0.1, 0.15) is 11.9 Å². The van der Waals surface area contributed by atoms with Crippen LogP contribution in [-0.4, -0.2) is 54.6 Å². The molecule has 198 valence electrons. The van der Waals surface area contributed by atoms with Gasteiger partial charge >= 0.3 is 0 Å². The zero-order valence-electron chi connectivity index (χ0n) is 22.1. The van der Waals surface area contributed by atoms with Crippen LogP contribution in [0.1, 0.15) is 56.1 Å². The van der Waals surface area contributed by atoms with E-state index in [0.717, 1.165) is 69.8 Å². The van der Waals surface area contributed by atoms with Crippen LogP contribution in [-0.2, 0) is 11.2 Å². The molecule has 37 heavy (non-hydrogen) atoms. The molecule has 1 fully saturated rings. The Morgan fingerprint density at radius 2 is 2.00 bits per heavy atom. The van der Waals surface area contributed by atoms with Crippen LogP contribution in [0.5, 0.6) is 5.75 Å². The largest absolute Gasteiger partial charge is 0.485 e. The van der Waals surface area contributed by atoms with Crippen molar-refractivity contribution in [1.29, 1.82) is 0 Å². The molecule has 1 N–H and O–H groups in total. The molecular formula is C30H40N4O2S. The second-order valence-corrected chi connectivity index (χ2v) is 10.5. The third-order valence-electron chi connectivity index (χ3n) is 7.05. The van der Waals surface area contributed by atoms with Crippen LogP contribution in [0.25, 0.3) is 0 Å². The fraction of sp³-hybridized carbons (Fsp3) is 0.467. The predicted octanol–water partition coefficient (Wildman–Crippen LogP) is 5.71. The lowest BCUT2D eigenvalue weighted by molar-refractivity contribution is -0.119. The Hall–Kier alpha value is -2.74. The minimum Gasteiger partial charge on any atom is -0.485 e. The van der Waals surface area contributed by atoms with Crippen molar-refractivity contribution in [3.8, 4) is 5.75 Å². The Balaban J connectivity index is 1.34. The molecule has 3 heterocycles. The quantitative estimate of drug-likeness (QED) is 0.293. The molecule has 1 saturated heterocycles. The number of nitrogens with zero attached hydrogens (tertiary/aromatic N) is 3. The van der Waals surface area contributed by atoms with Gasteiger partial charge in [-0.15, -0.1) is 11.3 Å². The van der Waals surface area contributed by atoms with E-state index in [1.807, 2.05) is 24.0 Å². The van der Waals surface area contributed by atoms with Crippen molar-refractivity contribution in [3.05, 3.63) is 76.7 Å². The average Bonchev–Trinajstić information content (AvgIpc) is 3.48. The summed E-state index contributed by atoms with van der Waals surface area (Å²) in [5.41, 5.74) is 2.17. The van der Waals surface area contributed by atoms with E-state index in [2.05, 4.69) is 63.9 Å². The molecule has 1 aliphatic rings. The molecule has 0 bridgehead atoms. The number of pyridine rings is 1. The number of nitrogens with one attached hydrogen (secondary N) is 1. The summed E-state index contributed by atoms with van der Waals surface area (Å²) in [5, 5.41) is 5.55. The molecule has 4 rings (SSSR count). The molecular weight excluding hydrogens is 480 g/mol. The van der Waals surface area contributed by atoms with Crippen molar-refractivity contribution < 1.29 is 9.53 Å². The summed E-state index contributed by atoms with van der Waals surface area (Å²) >= 11 is 1.76. The number of para-hydroxylation sites is 1. The van der Waals surface area contributed by atoms with E-state index in [9.17, 15) is 4.79 Å². The Morgan fingerprint density at radius 1 is 1.16 bits per heavy atom. The molecule has 1 aliphatic heterocycles. The van der Waals surface area contributed by atoms with E-state index >= 15 is 0 Å². The minimum absolute atomic E-state index is 0.0607. The summed E-state index contributed by atoms with van der Waals surface area (Å²) in [4.78, 5) is 22.8. The van der Waals surface area contributed by atoms with Gasteiger partial charge in [-0.2, -0.15) is 0 Å². The van der Waals surface area contributed by atoms with Crippen molar-refractivity contribution in [1.82, 2.24) is 15.2 Å². The standard InChI is InChI=1S/C30H40N4O2S/c1-3-30(35)34(26-10-7-17-32-23-26)25-15-20-33(21-16-25)19-14-24-9-5-6-11-27(24)36-28(13-18-31-4-2)29-12-8-22-37-29/h5-12,17,22-23,25,28,31H,3-4,13-16,18-21H2,1-2H3/t28-/m1/s1. The minimum atomic E-state index is 0.0607. The van der Waals surface area contributed by atoms with E-state index < -0.39 is 0 Å². The molecule has 2 aromatic heterocycles. The number of benzene rings is 1. The van der Waals surface area contributed by atoms with Gasteiger partial charge in [0.15, 0.2) is 0 Å². The molecule has 0 aliphatic carbocycles. The highest BCUT2D eigenvalue weighted by Gasteiger charge is 2.28. The summed E-state index contributed by atoms with van der Waals surface area (Å²) in [7, 11) is 0.